The van der Waals surface area contributed by atoms with Crippen molar-refractivity contribution >= 4 is 28.8 Å². The predicted molar refractivity (Wildman–Crippen MR) is 136 cm³/mol. The Labute approximate surface area is 204 Å². The van der Waals surface area contributed by atoms with Crippen molar-refractivity contribution in [2.75, 3.05) is 38.1 Å². The van der Waals surface area contributed by atoms with E-state index < -0.39 is 17.7 Å². The van der Waals surface area contributed by atoms with E-state index in [-0.39, 0.29) is 16.9 Å². The Morgan fingerprint density at radius 1 is 0.914 bits per heavy atom. The molecule has 1 amide bonds. The number of aliphatic hydroxyl groups is 1. The molecule has 7 heteroatoms. The summed E-state index contributed by atoms with van der Waals surface area (Å²) in [5.41, 5.74) is 3.35. The molecule has 1 heterocycles. The van der Waals surface area contributed by atoms with Gasteiger partial charge in [0, 0.05) is 25.5 Å². The summed E-state index contributed by atoms with van der Waals surface area (Å²) in [4.78, 5) is 30.2. The molecule has 1 aliphatic rings. The minimum atomic E-state index is -0.845. The fraction of sp³-hybridized carbons (Fsp3) is 0.214. The van der Waals surface area contributed by atoms with Gasteiger partial charge in [-0.3, -0.25) is 14.5 Å². The number of carbonyl (C=O) groups is 2. The molecular weight excluding hydrogens is 444 g/mol. The molecule has 1 atom stereocenters. The smallest absolute Gasteiger partial charge is 0.300 e. The maximum atomic E-state index is 13.4. The number of nitrogens with zero attached hydrogens (tertiary/aromatic N) is 2. The number of hydrogen-bond donors (Lipinski definition) is 1. The first kappa shape index (κ1) is 23.9. The van der Waals surface area contributed by atoms with Gasteiger partial charge in [-0.1, -0.05) is 30.3 Å². The van der Waals surface area contributed by atoms with E-state index in [1.807, 2.05) is 68.4 Å². The summed E-state index contributed by atoms with van der Waals surface area (Å²) in [7, 11) is 6.80. The Hall–Kier alpha value is -4.26. The second-order valence-corrected chi connectivity index (χ2v) is 8.53. The first-order chi connectivity index (χ1) is 16.8. The van der Waals surface area contributed by atoms with Gasteiger partial charge in [0.1, 0.15) is 22.8 Å². The van der Waals surface area contributed by atoms with Gasteiger partial charge in [0.25, 0.3) is 11.7 Å². The van der Waals surface area contributed by atoms with Gasteiger partial charge in [-0.25, -0.2) is 0 Å². The zero-order valence-corrected chi connectivity index (χ0v) is 20.4. The van der Waals surface area contributed by atoms with E-state index in [1.165, 1.54) is 19.1 Å². The molecule has 0 radical (unpaired) electrons. The van der Waals surface area contributed by atoms with E-state index >= 15 is 0 Å². The highest BCUT2D eigenvalue weighted by molar-refractivity contribution is 6.51. The zero-order chi connectivity index (χ0) is 25.3. The third-order valence-corrected chi connectivity index (χ3v) is 6.11. The standard InChI is InChI=1S/C28H28N2O5/c1-17-8-6-9-20(16-17)30-25(18-12-14-19(15-13-18)29(2)3)24(27(32)28(30)33)26(31)23-21(34-4)10-7-11-22(23)35-5/h6-16,25,31H,1-5H3/b26-24+. The van der Waals surface area contributed by atoms with Gasteiger partial charge in [0.05, 0.1) is 25.8 Å². The average molecular weight is 473 g/mol. The first-order valence-corrected chi connectivity index (χ1v) is 11.1. The van der Waals surface area contributed by atoms with Crippen LogP contribution in [0.4, 0.5) is 11.4 Å². The number of ether oxygens (including phenoxy) is 2. The lowest BCUT2D eigenvalue weighted by atomic mass is 9.94. The molecule has 180 valence electrons. The fourth-order valence-corrected chi connectivity index (χ4v) is 4.37. The number of methoxy groups -OCH3 is 2. The van der Waals surface area contributed by atoms with Crippen molar-refractivity contribution in [2.45, 2.75) is 13.0 Å². The molecule has 1 aliphatic heterocycles. The molecule has 0 aliphatic carbocycles. The second kappa shape index (κ2) is 9.54. The minimum Gasteiger partial charge on any atom is -0.506 e. The van der Waals surface area contributed by atoms with Crippen LogP contribution in [0.3, 0.4) is 0 Å². The molecule has 1 saturated heterocycles. The molecular formula is C28H28N2O5. The molecule has 7 nitrogen and oxygen atoms in total. The monoisotopic (exact) mass is 472 g/mol. The summed E-state index contributed by atoms with van der Waals surface area (Å²) >= 11 is 0. The number of carbonyl (C=O) groups excluding carboxylic acids is 2. The summed E-state index contributed by atoms with van der Waals surface area (Å²) in [6.07, 6.45) is 0. The van der Waals surface area contributed by atoms with E-state index in [9.17, 15) is 14.7 Å². The molecule has 3 aromatic carbocycles. The van der Waals surface area contributed by atoms with Crippen LogP contribution in [0, 0.1) is 6.92 Å². The highest BCUT2D eigenvalue weighted by atomic mass is 16.5. The molecule has 1 unspecified atom stereocenters. The molecule has 35 heavy (non-hydrogen) atoms. The van der Waals surface area contributed by atoms with Crippen LogP contribution in [-0.2, 0) is 9.59 Å². The van der Waals surface area contributed by atoms with E-state index in [0.29, 0.717) is 22.7 Å². The van der Waals surface area contributed by atoms with Crippen LogP contribution < -0.4 is 19.3 Å². The number of rotatable bonds is 6. The van der Waals surface area contributed by atoms with Gasteiger partial charge in [-0.05, 0) is 54.4 Å². The van der Waals surface area contributed by atoms with Crippen LogP contribution in [0.2, 0.25) is 0 Å². The van der Waals surface area contributed by atoms with Crippen LogP contribution in [0.15, 0.2) is 72.3 Å². The zero-order valence-electron chi connectivity index (χ0n) is 20.4. The first-order valence-electron chi connectivity index (χ1n) is 11.1. The van der Waals surface area contributed by atoms with Gasteiger partial charge < -0.3 is 19.5 Å². The van der Waals surface area contributed by atoms with Crippen molar-refractivity contribution in [3.05, 3.63) is 89.0 Å². The summed E-state index contributed by atoms with van der Waals surface area (Å²) in [6.45, 7) is 1.92. The Balaban J connectivity index is 2.00. The predicted octanol–water partition coefficient (Wildman–Crippen LogP) is 4.70. The number of anilines is 2. The SMILES string of the molecule is COc1cccc(OC)c1/C(O)=C1\C(=O)C(=O)N(c2cccc(C)c2)C1c1ccc(N(C)C)cc1. The van der Waals surface area contributed by atoms with Gasteiger partial charge in [0.15, 0.2) is 0 Å². The van der Waals surface area contributed by atoms with Gasteiger partial charge in [0.2, 0.25) is 0 Å². The Morgan fingerprint density at radius 3 is 2.06 bits per heavy atom. The lowest BCUT2D eigenvalue weighted by Crippen LogP contribution is -2.29. The van der Waals surface area contributed by atoms with Crippen LogP contribution in [0.1, 0.15) is 22.7 Å². The Kier molecular flexibility index (Phi) is 6.51. The largest absolute Gasteiger partial charge is 0.506 e. The van der Waals surface area contributed by atoms with E-state index in [1.54, 1.807) is 24.3 Å². The topological polar surface area (TPSA) is 79.3 Å². The Morgan fingerprint density at radius 2 is 1.51 bits per heavy atom. The highest BCUT2D eigenvalue weighted by Crippen LogP contribution is 2.45. The summed E-state index contributed by atoms with van der Waals surface area (Å²) in [5, 5.41) is 11.5. The number of ketones is 1. The number of Topliss-reactive ketones (excluding diaryl/α,β-unsaturated/α-hetero) is 1. The molecule has 3 aromatic rings. The number of benzene rings is 3. The van der Waals surface area contributed by atoms with E-state index in [0.717, 1.165) is 11.3 Å². The number of hydrogen-bond acceptors (Lipinski definition) is 6. The van der Waals surface area contributed by atoms with Crippen molar-refractivity contribution < 1.29 is 24.2 Å². The maximum Gasteiger partial charge on any atom is 0.300 e. The molecule has 1 N–H and O–H groups in total. The molecule has 4 rings (SSSR count). The van der Waals surface area contributed by atoms with Crippen LogP contribution in [-0.4, -0.2) is 45.1 Å². The molecule has 0 aromatic heterocycles. The quantitative estimate of drug-likeness (QED) is 0.318. The molecule has 0 saturated carbocycles. The van der Waals surface area contributed by atoms with Gasteiger partial charge >= 0.3 is 0 Å². The molecule has 0 spiro atoms. The van der Waals surface area contributed by atoms with Gasteiger partial charge in [-0.15, -0.1) is 0 Å². The molecule has 0 bridgehead atoms. The minimum absolute atomic E-state index is 0.0306. The summed E-state index contributed by atoms with van der Waals surface area (Å²) < 4.78 is 10.9. The number of aryl methyl sites for hydroxylation is 1. The lowest BCUT2D eigenvalue weighted by Gasteiger charge is -2.26. The Bertz CT molecular complexity index is 1290. The fourth-order valence-electron chi connectivity index (χ4n) is 4.37. The highest BCUT2D eigenvalue weighted by Gasteiger charge is 2.47. The van der Waals surface area contributed by atoms with Crippen molar-refractivity contribution in [1.29, 1.82) is 0 Å². The average Bonchev–Trinajstić information content (AvgIpc) is 3.13. The van der Waals surface area contributed by atoms with E-state index in [4.69, 9.17) is 9.47 Å². The second-order valence-electron chi connectivity index (χ2n) is 8.53. The van der Waals surface area contributed by atoms with Crippen molar-refractivity contribution in [3.63, 3.8) is 0 Å². The van der Waals surface area contributed by atoms with Crippen LogP contribution >= 0.6 is 0 Å². The number of aliphatic hydroxyl groups excluding tert-OH is 1. The van der Waals surface area contributed by atoms with Crippen LogP contribution in [0.25, 0.3) is 5.76 Å². The number of amides is 1. The third kappa shape index (κ3) is 4.21. The van der Waals surface area contributed by atoms with Crippen molar-refractivity contribution in [2.24, 2.45) is 0 Å². The van der Waals surface area contributed by atoms with E-state index in [2.05, 4.69) is 0 Å². The lowest BCUT2D eigenvalue weighted by molar-refractivity contribution is -0.132. The third-order valence-electron chi connectivity index (χ3n) is 6.11. The molecule has 1 fully saturated rings. The maximum absolute atomic E-state index is 13.4. The van der Waals surface area contributed by atoms with Crippen molar-refractivity contribution in [1.82, 2.24) is 0 Å². The normalized spacial score (nSPS) is 16.9. The summed E-state index contributed by atoms with van der Waals surface area (Å²) in [6, 6.07) is 19.1. The summed E-state index contributed by atoms with van der Waals surface area (Å²) in [5.74, 6) is -1.20. The van der Waals surface area contributed by atoms with Crippen molar-refractivity contribution in [3.8, 4) is 11.5 Å². The van der Waals surface area contributed by atoms with Crippen LogP contribution in [0.5, 0.6) is 11.5 Å². The van der Waals surface area contributed by atoms with Gasteiger partial charge in [-0.2, -0.15) is 0 Å².